The topological polar surface area (TPSA) is 58.6 Å². The van der Waals surface area contributed by atoms with Gasteiger partial charge in [0.15, 0.2) is 5.84 Å². The van der Waals surface area contributed by atoms with Crippen molar-refractivity contribution in [3.8, 4) is 0 Å². The normalized spacial score (nSPS) is 17.6. The maximum absolute atomic E-state index is 12.5. The van der Waals surface area contributed by atoms with Crippen LogP contribution in [0.2, 0.25) is 0 Å². The first kappa shape index (κ1) is 15.4. The van der Waals surface area contributed by atoms with Gasteiger partial charge in [-0.05, 0) is 5.92 Å². The molecular formula is C9H17F3N2OS. The molecule has 0 aliphatic heterocycles. The predicted molar refractivity (Wildman–Crippen MR) is 59.7 cm³/mol. The molecule has 96 valence electrons. The summed E-state index contributed by atoms with van der Waals surface area (Å²) in [5.41, 5.74) is 5.03. The summed E-state index contributed by atoms with van der Waals surface area (Å²) in [4.78, 5) is 0. The van der Waals surface area contributed by atoms with Crippen LogP contribution in [0.3, 0.4) is 0 Å². The largest absolute Gasteiger partial charge is 0.409 e. The number of nitrogens with two attached hydrogens (primary N) is 1. The molecule has 0 aliphatic rings. The molecule has 3 N–H and O–H groups in total. The maximum atomic E-state index is 12.5. The summed E-state index contributed by atoms with van der Waals surface area (Å²) in [5, 5.41) is 10.8. The summed E-state index contributed by atoms with van der Waals surface area (Å²) >= 11 is 1.17. The molecule has 3 nitrogen and oxygen atoms in total. The number of hydrogen-bond acceptors (Lipinski definition) is 3. The average Bonchev–Trinajstić information content (AvgIpc) is 2.14. The number of thioether (sulfide) groups is 1. The molecule has 7 heteroatoms. The first-order valence-electron chi connectivity index (χ1n) is 4.85. The van der Waals surface area contributed by atoms with Crippen molar-refractivity contribution in [3.63, 3.8) is 0 Å². The van der Waals surface area contributed by atoms with Crippen LogP contribution in [0.4, 0.5) is 13.2 Å². The van der Waals surface area contributed by atoms with Crippen molar-refractivity contribution >= 4 is 17.6 Å². The third kappa shape index (κ3) is 4.96. The van der Waals surface area contributed by atoms with E-state index in [-0.39, 0.29) is 16.9 Å². The predicted octanol–water partition coefficient (Wildman–Crippen LogP) is 2.69. The highest BCUT2D eigenvalue weighted by molar-refractivity contribution is 7.99. The van der Waals surface area contributed by atoms with Gasteiger partial charge in [-0.1, -0.05) is 25.9 Å². The molecule has 0 bridgehead atoms. The van der Waals surface area contributed by atoms with Gasteiger partial charge in [0.2, 0.25) is 0 Å². The number of rotatable bonds is 5. The fraction of sp³-hybridized carbons (Fsp3) is 0.889. The number of nitrogens with zero attached hydrogens (tertiary/aromatic N) is 1. The van der Waals surface area contributed by atoms with E-state index in [9.17, 15) is 13.2 Å². The van der Waals surface area contributed by atoms with Gasteiger partial charge in [-0.2, -0.15) is 24.9 Å². The van der Waals surface area contributed by atoms with Gasteiger partial charge in [0, 0.05) is 11.0 Å². The minimum absolute atomic E-state index is 0.0938. The molecule has 0 aromatic rings. The highest BCUT2D eigenvalue weighted by Crippen LogP contribution is 2.31. The fourth-order valence-electron chi connectivity index (χ4n) is 0.858. The van der Waals surface area contributed by atoms with E-state index in [0.29, 0.717) is 0 Å². The smallest absolute Gasteiger partial charge is 0.399 e. The molecule has 0 radical (unpaired) electrons. The van der Waals surface area contributed by atoms with Gasteiger partial charge in [-0.3, -0.25) is 0 Å². The van der Waals surface area contributed by atoms with Crippen LogP contribution in [0.25, 0.3) is 0 Å². The number of alkyl halides is 3. The Morgan fingerprint density at radius 2 is 1.88 bits per heavy atom. The Balaban J connectivity index is 4.47. The van der Waals surface area contributed by atoms with Crippen molar-refractivity contribution in [1.82, 2.24) is 0 Å². The van der Waals surface area contributed by atoms with E-state index in [2.05, 4.69) is 5.16 Å². The molecule has 16 heavy (non-hydrogen) atoms. The number of halogens is 3. The lowest BCUT2D eigenvalue weighted by Gasteiger charge is -2.21. The molecule has 0 saturated carbocycles. The van der Waals surface area contributed by atoms with Crippen molar-refractivity contribution in [3.05, 3.63) is 0 Å². The number of oxime groups is 1. The Bertz CT molecular complexity index is 243. The number of hydrogen-bond donors (Lipinski definition) is 2. The summed E-state index contributed by atoms with van der Waals surface area (Å²) in [6.45, 7) is 5.72. The second kappa shape index (κ2) is 6.22. The second-order valence-corrected chi connectivity index (χ2v) is 5.31. The highest BCUT2D eigenvalue weighted by Gasteiger charge is 2.42. The molecule has 2 atom stereocenters. The van der Waals surface area contributed by atoms with Gasteiger partial charge in [-0.15, -0.1) is 0 Å². The zero-order valence-corrected chi connectivity index (χ0v) is 10.3. The van der Waals surface area contributed by atoms with E-state index in [4.69, 9.17) is 10.9 Å². The third-order valence-electron chi connectivity index (χ3n) is 2.33. The quantitative estimate of drug-likeness (QED) is 0.345. The van der Waals surface area contributed by atoms with Crippen LogP contribution in [-0.4, -0.2) is 28.2 Å². The Hall–Kier alpha value is -0.590. The monoisotopic (exact) mass is 258 g/mol. The molecule has 0 heterocycles. The van der Waals surface area contributed by atoms with Gasteiger partial charge in [-0.25, -0.2) is 0 Å². The van der Waals surface area contributed by atoms with Crippen LogP contribution in [0, 0.1) is 11.8 Å². The summed E-state index contributed by atoms with van der Waals surface area (Å²) in [6, 6.07) is 0. The molecule has 0 aromatic carbocycles. The SMILES string of the molecule is CC(C)C(C)SCC(C(N)=NO)C(F)(F)F. The van der Waals surface area contributed by atoms with E-state index in [1.807, 2.05) is 20.8 Å². The van der Waals surface area contributed by atoms with E-state index in [1.165, 1.54) is 11.8 Å². The van der Waals surface area contributed by atoms with E-state index < -0.39 is 17.9 Å². The zero-order chi connectivity index (χ0) is 12.9. The zero-order valence-electron chi connectivity index (χ0n) is 9.45. The average molecular weight is 258 g/mol. The Morgan fingerprint density at radius 3 is 2.19 bits per heavy atom. The van der Waals surface area contributed by atoms with Gasteiger partial charge >= 0.3 is 6.18 Å². The first-order chi connectivity index (χ1) is 7.20. The Labute approximate surface area is 97.3 Å². The van der Waals surface area contributed by atoms with Crippen LogP contribution >= 0.6 is 11.8 Å². The lowest BCUT2D eigenvalue weighted by Crippen LogP contribution is -2.38. The second-order valence-electron chi connectivity index (χ2n) is 3.90. The molecule has 0 amide bonds. The maximum Gasteiger partial charge on any atom is 0.399 e. The molecule has 0 aliphatic carbocycles. The van der Waals surface area contributed by atoms with Crippen LogP contribution in [-0.2, 0) is 0 Å². The highest BCUT2D eigenvalue weighted by atomic mass is 32.2. The molecule has 0 rings (SSSR count). The molecule has 0 spiro atoms. The van der Waals surface area contributed by atoms with Gasteiger partial charge in [0.25, 0.3) is 0 Å². The van der Waals surface area contributed by atoms with Crippen LogP contribution in [0.5, 0.6) is 0 Å². The van der Waals surface area contributed by atoms with Crippen molar-refractivity contribution in [2.24, 2.45) is 22.7 Å². The van der Waals surface area contributed by atoms with Crippen molar-refractivity contribution in [2.75, 3.05) is 5.75 Å². The number of amidine groups is 1. The molecule has 0 fully saturated rings. The third-order valence-corrected chi connectivity index (χ3v) is 3.93. The van der Waals surface area contributed by atoms with Gasteiger partial charge in [0.05, 0.1) is 0 Å². The van der Waals surface area contributed by atoms with Gasteiger partial charge in [0.1, 0.15) is 5.92 Å². The Morgan fingerprint density at radius 1 is 1.38 bits per heavy atom. The minimum Gasteiger partial charge on any atom is -0.409 e. The molecule has 0 saturated heterocycles. The first-order valence-corrected chi connectivity index (χ1v) is 5.90. The molecule has 2 unspecified atom stereocenters. The summed E-state index contributed by atoms with van der Waals surface area (Å²) < 4.78 is 37.6. The van der Waals surface area contributed by atoms with E-state index in [1.54, 1.807) is 0 Å². The molecule has 0 aromatic heterocycles. The van der Waals surface area contributed by atoms with Crippen LogP contribution in [0.1, 0.15) is 20.8 Å². The summed E-state index contributed by atoms with van der Waals surface area (Å²) in [5.74, 6) is -2.61. The van der Waals surface area contributed by atoms with E-state index >= 15 is 0 Å². The van der Waals surface area contributed by atoms with Gasteiger partial charge < -0.3 is 10.9 Å². The van der Waals surface area contributed by atoms with Crippen LogP contribution in [0.15, 0.2) is 5.16 Å². The van der Waals surface area contributed by atoms with Crippen LogP contribution < -0.4 is 5.73 Å². The Kier molecular flexibility index (Phi) is 5.99. The summed E-state index contributed by atoms with van der Waals surface area (Å²) in [7, 11) is 0. The fourth-order valence-corrected chi connectivity index (χ4v) is 2.10. The lowest BCUT2D eigenvalue weighted by molar-refractivity contribution is -0.150. The lowest BCUT2D eigenvalue weighted by atomic mass is 10.1. The summed E-state index contributed by atoms with van der Waals surface area (Å²) in [6.07, 6.45) is -4.47. The minimum atomic E-state index is -4.47. The van der Waals surface area contributed by atoms with E-state index in [0.717, 1.165) is 0 Å². The molecular weight excluding hydrogens is 241 g/mol. The van der Waals surface area contributed by atoms with Crippen molar-refractivity contribution in [2.45, 2.75) is 32.2 Å². The van der Waals surface area contributed by atoms with Crippen molar-refractivity contribution < 1.29 is 18.4 Å². The standard InChI is InChI=1S/C9H17F3N2OS/c1-5(2)6(3)16-4-7(8(13)14-15)9(10,11)12/h5-7,15H,4H2,1-3H3,(H2,13,14). The van der Waals surface area contributed by atoms with Crippen molar-refractivity contribution in [1.29, 1.82) is 0 Å².